The SMILES string of the molecule is COC1CCCN(C(=O)NCC2(CC(=O)O)CCC2)C1. The fraction of sp³-hybridized carbons (Fsp3) is 0.857. The van der Waals surface area contributed by atoms with Gasteiger partial charge in [-0.3, -0.25) is 4.79 Å². The molecule has 0 bridgehead atoms. The maximum Gasteiger partial charge on any atom is 0.317 e. The second-order valence-corrected chi connectivity index (χ2v) is 6.03. The zero-order valence-corrected chi connectivity index (χ0v) is 12.1. The smallest absolute Gasteiger partial charge is 0.317 e. The maximum atomic E-state index is 12.1. The molecule has 1 unspecified atom stereocenters. The van der Waals surface area contributed by atoms with Crippen LogP contribution in [0, 0.1) is 5.41 Å². The van der Waals surface area contributed by atoms with Gasteiger partial charge in [0.1, 0.15) is 0 Å². The van der Waals surface area contributed by atoms with Gasteiger partial charge in [0, 0.05) is 26.7 Å². The van der Waals surface area contributed by atoms with E-state index in [1.165, 1.54) is 0 Å². The molecule has 2 aliphatic rings. The third-order valence-corrected chi connectivity index (χ3v) is 4.55. The largest absolute Gasteiger partial charge is 0.481 e. The van der Waals surface area contributed by atoms with Crippen LogP contribution < -0.4 is 5.32 Å². The molecule has 0 radical (unpaired) electrons. The van der Waals surface area contributed by atoms with Gasteiger partial charge in [0.05, 0.1) is 12.5 Å². The summed E-state index contributed by atoms with van der Waals surface area (Å²) in [5.74, 6) is -0.781. The van der Waals surface area contributed by atoms with Crippen molar-refractivity contribution in [3.63, 3.8) is 0 Å². The van der Waals surface area contributed by atoms with Crippen molar-refractivity contribution in [1.29, 1.82) is 0 Å². The number of methoxy groups -OCH3 is 1. The van der Waals surface area contributed by atoms with E-state index in [-0.39, 0.29) is 24.0 Å². The molecule has 0 aromatic carbocycles. The molecule has 0 aromatic heterocycles. The summed E-state index contributed by atoms with van der Waals surface area (Å²) >= 11 is 0. The van der Waals surface area contributed by atoms with Gasteiger partial charge < -0.3 is 20.1 Å². The van der Waals surface area contributed by atoms with Crippen LogP contribution in [-0.2, 0) is 9.53 Å². The Hall–Kier alpha value is -1.30. The molecule has 0 spiro atoms. The van der Waals surface area contributed by atoms with Crippen molar-refractivity contribution in [2.75, 3.05) is 26.7 Å². The number of carboxylic acids is 1. The average Bonchev–Trinajstić information content (AvgIpc) is 2.41. The molecule has 6 heteroatoms. The molecule has 114 valence electrons. The van der Waals surface area contributed by atoms with E-state index in [0.717, 1.165) is 38.6 Å². The van der Waals surface area contributed by atoms with Crippen molar-refractivity contribution < 1.29 is 19.4 Å². The summed E-state index contributed by atoms with van der Waals surface area (Å²) in [5, 5.41) is 11.9. The van der Waals surface area contributed by atoms with Crippen molar-refractivity contribution >= 4 is 12.0 Å². The van der Waals surface area contributed by atoms with E-state index in [4.69, 9.17) is 9.84 Å². The molecule has 1 aliphatic heterocycles. The standard InChI is InChI=1S/C14H24N2O4/c1-20-11-4-2-7-16(9-11)13(19)15-10-14(5-3-6-14)8-12(17)18/h11H,2-10H2,1H3,(H,15,19)(H,17,18). The van der Waals surface area contributed by atoms with Crippen molar-refractivity contribution in [3.8, 4) is 0 Å². The lowest BCUT2D eigenvalue weighted by molar-refractivity contribution is -0.141. The van der Waals surface area contributed by atoms with E-state index < -0.39 is 5.97 Å². The van der Waals surface area contributed by atoms with E-state index in [9.17, 15) is 9.59 Å². The Bertz CT molecular complexity index is 368. The highest BCUT2D eigenvalue weighted by atomic mass is 16.5. The number of rotatable bonds is 5. The number of hydrogen-bond acceptors (Lipinski definition) is 3. The van der Waals surface area contributed by atoms with Crippen molar-refractivity contribution in [2.45, 2.75) is 44.6 Å². The van der Waals surface area contributed by atoms with E-state index in [1.807, 2.05) is 0 Å². The Kier molecular flexibility index (Phi) is 4.86. The number of nitrogens with one attached hydrogen (secondary N) is 1. The minimum Gasteiger partial charge on any atom is -0.481 e. The first kappa shape index (κ1) is 15.1. The Labute approximate surface area is 119 Å². The van der Waals surface area contributed by atoms with E-state index in [0.29, 0.717) is 13.1 Å². The number of aliphatic carboxylic acids is 1. The summed E-state index contributed by atoms with van der Waals surface area (Å²) in [6, 6.07) is -0.0941. The Morgan fingerprint density at radius 1 is 1.40 bits per heavy atom. The Morgan fingerprint density at radius 3 is 2.70 bits per heavy atom. The van der Waals surface area contributed by atoms with E-state index >= 15 is 0 Å². The minimum atomic E-state index is -0.781. The first-order valence-electron chi connectivity index (χ1n) is 7.32. The minimum absolute atomic E-state index is 0.0941. The van der Waals surface area contributed by atoms with Gasteiger partial charge in [-0.1, -0.05) is 6.42 Å². The van der Waals surface area contributed by atoms with Gasteiger partial charge in [-0.2, -0.15) is 0 Å². The average molecular weight is 284 g/mol. The molecule has 1 saturated carbocycles. The van der Waals surface area contributed by atoms with Gasteiger partial charge in [-0.25, -0.2) is 4.79 Å². The molecular formula is C14H24N2O4. The highest BCUT2D eigenvalue weighted by Gasteiger charge is 2.39. The molecule has 1 aliphatic carbocycles. The predicted octanol–water partition coefficient (Wildman–Crippen LogP) is 1.45. The lowest BCUT2D eigenvalue weighted by atomic mass is 9.66. The van der Waals surface area contributed by atoms with Crippen LogP contribution in [0.15, 0.2) is 0 Å². The molecule has 20 heavy (non-hydrogen) atoms. The summed E-state index contributed by atoms with van der Waals surface area (Å²) in [6.07, 6.45) is 5.04. The molecule has 6 nitrogen and oxygen atoms in total. The number of carbonyl (C=O) groups is 2. The quantitative estimate of drug-likeness (QED) is 0.801. The number of carboxylic acid groups (broad SMARTS) is 1. The summed E-state index contributed by atoms with van der Waals surface area (Å²) in [5.41, 5.74) is -0.224. The van der Waals surface area contributed by atoms with Crippen LogP contribution in [0.2, 0.25) is 0 Å². The first-order valence-corrected chi connectivity index (χ1v) is 7.32. The number of piperidine rings is 1. The van der Waals surface area contributed by atoms with Gasteiger partial charge in [-0.15, -0.1) is 0 Å². The van der Waals surface area contributed by atoms with Gasteiger partial charge in [0.15, 0.2) is 0 Å². The highest BCUT2D eigenvalue weighted by Crippen LogP contribution is 2.43. The van der Waals surface area contributed by atoms with E-state index in [2.05, 4.69) is 5.32 Å². The lowest BCUT2D eigenvalue weighted by Gasteiger charge is -2.41. The zero-order valence-electron chi connectivity index (χ0n) is 12.1. The van der Waals surface area contributed by atoms with Crippen molar-refractivity contribution in [1.82, 2.24) is 10.2 Å². The predicted molar refractivity (Wildman–Crippen MR) is 73.5 cm³/mol. The number of ether oxygens (including phenoxy) is 1. The normalized spacial score (nSPS) is 24.9. The Morgan fingerprint density at radius 2 is 2.15 bits per heavy atom. The van der Waals surface area contributed by atoms with Crippen LogP contribution in [0.5, 0.6) is 0 Å². The second-order valence-electron chi connectivity index (χ2n) is 6.03. The summed E-state index contributed by atoms with van der Waals surface area (Å²) in [7, 11) is 1.67. The summed E-state index contributed by atoms with van der Waals surface area (Å²) < 4.78 is 5.30. The number of amides is 2. The molecular weight excluding hydrogens is 260 g/mol. The number of urea groups is 1. The number of nitrogens with zero attached hydrogens (tertiary/aromatic N) is 1. The molecule has 1 atom stereocenters. The molecule has 2 N–H and O–H groups in total. The second kappa shape index (κ2) is 6.43. The van der Waals surface area contributed by atoms with Crippen LogP contribution in [-0.4, -0.2) is 54.9 Å². The third-order valence-electron chi connectivity index (χ3n) is 4.55. The van der Waals surface area contributed by atoms with Crippen LogP contribution in [0.1, 0.15) is 38.5 Å². The van der Waals surface area contributed by atoms with Crippen LogP contribution in [0.4, 0.5) is 4.79 Å². The van der Waals surface area contributed by atoms with Gasteiger partial charge in [-0.05, 0) is 31.1 Å². The van der Waals surface area contributed by atoms with Gasteiger partial charge in [0.2, 0.25) is 0 Å². The fourth-order valence-electron chi connectivity index (χ4n) is 3.10. The van der Waals surface area contributed by atoms with Crippen LogP contribution in [0.3, 0.4) is 0 Å². The van der Waals surface area contributed by atoms with Crippen molar-refractivity contribution in [2.24, 2.45) is 5.41 Å². The molecule has 2 rings (SSSR count). The van der Waals surface area contributed by atoms with Crippen LogP contribution in [0.25, 0.3) is 0 Å². The zero-order chi connectivity index (χ0) is 14.6. The third kappa shape index (κ3) is 3.62. The number of hydrogen-bond donors (Lipinski definition) is 2. The maximum absolute atomic E-state index is 12.1. The highest BCUT2D eigenvalue weighted by molar-refractivity contribution is 5.74. The molecule has 0 aromatic rings. The van der Waals surface area contributed by atoms with Crippen molar-refractivity contribution in [3.05, 3.63) is 0 Å². The molecule has 2 amide bonds. The summed E-state index contributed by atoms with van der Waals surface area (Å²) in [6.45, 7) is 1.83. The number of likely N-dealkylation sites (tertiary alicyclic amines) is 1. The lowest BCUT2D eigenvalue weighted by Crippen LogP contribution is -2.51. The molecule has 1 saturated heterocycles. The van der Waals surface area contributed by atoms with Crippen LogP contribution >= 0.6 is 0 Å². The molecule has 2 fully saturated rings. The number of carbonyl (C=O) groups excluding carboxylic acids is 1. The van der Waals surface area contributed by atoms with Gasteiger partial charge >= 0.3 is 12.0 Å². The monoisotopic (exact) mass is 284 g/mol. The topological polar surface area (TPSA) is 78.9 Å². The molecule has 1 heterocycles. The van der Waals surface area contributed by atoms with E-state index in [1.54, 1.807) is 12.0 Å². The fourth-order valence-corrected chi connectivity index (χ4v) is 3.10. The first-order chi connectivity index (χ1) is 9.54. The summed E-state index contributed by atoms with van der Waals surface area (Å²) in [4.78, 5) is 24.8. The van der Waals surface area contributed by atoms with Gasteiger partial charge in [0.25, 0.3) is 0 Å². The Balaban J connectivity index is 1.80.